The van der Waals surface area contributed by atoms with Crippen LogP contribution in [0.3, 0.4) is 0 Å². The van der Waals surface area contributed by atoms with Gasteiger partial charge >= 0.3 is 0 Å². The van der Waals surface area contributed by atoms with Gasteiger partial charge in [-0.15, -0.1) is 21.5 Å². The van der Waals surface area contributed by atoms with Crippen LogP contribution in [0.2, 0.25) is 0 Å². The van der Waals surface area contributed by atoms with Crippen LogP contribution in [0.25, 0.3) is 21.6 Å². The third-order valence-electron chi connectivity index (χ3n) is 4.66. The number of hydrogen-bond donors (Lipinski definition) is 0. The number of fused-ring (bicyclic) bond motifs is 1. The maximum absolute atomic E-state index is 5.50. The fourth-order valence-corrected chi connectivity index (χ4v) is 5.13. The Balaban J connectivity index is 1.46. The Morgan fingerprint density at radius 1 is 1.00 bits per heavy atom. The van der Waals surface area contributed by atoms with Crippen molar-refractivity contribution in [2.75, 3.05) is 0 Å². The lowest BCUT2D eigenvalue weighted by Crippen LogP contribution is -2.04. The standard InChI is InChI=1S/C22H18N4OS2/c1-15-17(11-12-27-15)21-24-25-22(26(21)13-16-7-3-2-4-8-16)28-14-20-23-18-9-5-6-10-19(18)29-20/h2-12H,13-14H2,1H3. The number of para-hydroxylation sites is 1. The highest BCUT2D eigenvalue weighted by atomic mass is 32.2. The number of benzene rings is 2. The van der Waals surface area contributed by atoms with E-state index in [0.717, 1.165) is 38.6 Å². The van der Waals surface area contributed by atoms with Gasteiger partial charge in [-0.1, -0.05) is 54.2 Å². The molecule has 0 radical (unpaired) electrons. The van der Waals surface area contributed by atoms with Crippen molar-refractivity contribution in [1.29, 1.82) is 0 Å². The molecule has 0 bridgehead atoms. The van der Waals surface area contributed by atoms with Gasteiger partial charge in [-0.2, -0.15) is 0 Å². The molecule has 5 rings (SSSR count). The van der Waals surface area contributed by atoms with Crippen molar-refractivity contribution in [3.8, 4) is 11.4 Å². The highest BCUT2D eigenvalue weighted by Gasteiger charge is 2.18. The van der Waals surface area contributed by atoms with Crippen molar-refractivity contribution in [3.63, 3.8) is 0 Å². The minimum Gasteiger partial charge on any atom is -0.469 e. The summed E-state index contributed by atoms with van der Waals surface area (Å²) in [4.78, 5) is 4.74. The zero-order valence-corrected chi connectivity index (χ0v) is 17.4. The fourth-order valence-electron chi connectivity index (χ4n) is 3.23. The Hall–Kier alpha value is -2.90. The Morgan fingerprint density at radius 2 is 1.83 bits per heavy atom. The molecule has 5 nitrogen and oxygen atoms in total. The first kappa shape index (κ1) is 18.1. The maximum Gasteiger partial charge on any atom is 0.192 e. The third-order valence-corrected chi connectivity index (χ3v) is 6.86. The summed E-state index contributed by atoms with van der Waals surface area (Å²) in [6.45, 7) is 2.65. The van der Waals surface area contributed by atoms with Crippen LogP contribution in [0.1, 0.15) is 16.3 Å². The summed E-state index contributed by atoms with van der Waals surface area (Å²) in [5, 5.41) is 10.9. The number of thiazole rings is 1. The summed E-state index contributed by atoms with van der Waals surface area (Å²) in [7, 11) is 0. The van der Waals surface area contributed by atoms with E-state index < -0.39 is 0 Å². The first-order chi connectivity index (χ1) is 14.3. The van der Waals surface area contributed by atoms with Gasteiger partial charge in [0.2, 0.25) is 0 Å². The number of furan rings is 1. The smallest absolute Gasteiger partial charge is 0.192 e. The summed E-state index contributed by atoms with van der Waals surface area (Å²) < 4.78 is 8.87. The summed E-state index contributed by atoms with van der Waals surface area (Å²) in [6.07, 6.45) is 1.69. The van der Waals surface area contributed by atoms with E-state index in [1.165, 1.54) is 10.3 Å². The summed E-state index contributed by atoms with van der Waals surface area (Å²) in [5.41, 5.74) is 3.23. The van der Waals surface area contributed by atoms with Crippen molar-refractivity contribution >= 4 is 33.3 Å². The minimum atomic E-state index is 0.704. The van der Waals surface area contributed by atoms with Gasteiger partial charge in [-0.3, -0.25) is 4.57 Å². The molecule has 0 saturated heterocycles. The second-order valence-corrected chi connectivity index (χ2v) is 8.69. The highest BCUT2D eigenvalue weighted by Crippen LogP contribution is 2.31. The lowest BCUT2D eigenvalue weighted by Gasteiger charge is -2.09. The molecule has 5 aromatic rings. The average molecular weight is 419 g/mol. The third kappa shape index (κ3) is 3.71. The molecule has 0 spiro atoms. The number of rotatable bonds is 6. The Kier molecular flexibility index (Phi) is 4.91. The quantitative estimate of drug-likeness (QED) is 0.326. The topological polar surface area (TPSA) is 56.7 Å². The van der Waals surface area contributed by atoms with E-state index in [4.69, 9.17) is 9.40 Å². The summed E-state index contributed by atoms with van der Waals surface area (Å²) in [6, 6.07) is 20.6. The molecule has 3 heterocycles. The van der Waals surface area contributed by atoms with E-state index in [2.05, 4.69) is 51.2 Å². The molecule has 0 amide bonds. The first-order valence-corrected chi connectivity index (χ1v) is 11.1. The molecule has 0 N–H and O–H groups in total. The van der Waals surface area contributed by atoms with Gasteiger partial charge in [-0.05, 0) is 30.7 Å². The summed E-state index contributed by atoms with van der Waals surface area (Å²) in [5.74, 6) is 2.43. The number of aryl methyl sites for hydroxylation is 1. The van der Waals surface area contributed by atoms with Crippen molar-refractivity contribution in [2.24, 2.45) is 0 Å². The predicted octanol–water partition coefficient (Wildman–Crippen LogP) is 5.80. The van der Waals surface area contributed by atoms with Crippen LogP contribution >= 0.6 is 23.1 Å². The normalized spacial score (nSPS) is 11.3. The minimum absolute atomic E-state index is 0.704. The Labute approximate surface area is 176 Å². The molecule has 0 saturated carbocycles. The molecule has 0 unspecified atom stereocenters. The molecule has 29 heavy (non-hydrogen) atoms. The average Bonchev–Trinajstić information content (AvgIpc) is 3.45. The Morgan fingerprint density at radius 3 is 2.62 bits per heavy atom. The molecular formula is C22H18N4OS2. The molecule has 0 atom stereocenters. The van der Waals surface area contributed by atoms with E-state index in [1.807, 2.05) is 31.2 Å². The molecule has 7 heteroatoms. The van der Waals surface area contributed by atoms with Crippen molar-refractivity contribution in [1.82, 2.24) is 19.7 Å². The van der Waals surface area contributed by atoms with Crippen LogP contribution in [0, 0.1) is 6.92 Å². The molecule has 2 aromatic carbocycles. The van der Waals surface area contributed by atoms with Gasteiger partial charge in [0.1, 0.15) is 10.8 Å². The second kappa shape index (κ2) is 7.85. The van der Waals surface area contributed by atoms with Crippen LogP contribution in [-0.4, -0.2) is 19.7 Å². The van der Waals surface area contributed by atoms with E-state index >= 15 is 0 Å². The highest BCUT2D eigenvalue weighted by molar-refractivity contribution is 7.98. The largest absolute Gasteiger partial charge is 0.469 e. The monoisotopic (exact) mass is 418 g/mol. The number of hydrogen-bond acceptors (Lipinski definition) is 6. The first-order valence-electron chi connectivity index (χ1n) is 9.27. The molecule has 3 aromatic heterocycles. The number of aromatic nitrogens is 4. The van der Waals surface area contributed by atoms with Gasteiger partial charge in [0.15, 0.2) is 11.0 Å². The molecule has 0 aliphatic carbocycles. The summed E-state index contributed by atoms with van der Waals surface area (Å²) >= 11 is 3.39. The van der Waals surface area contributed by atoms with Gasteiger partial charge in [-0.25, -0.2) is 4.98 Å². The lowest BCUT2D eigenvalue weighted by atomic mass is 10.2. The van der Waals surface area contributed by atoms with Crippen LogP contribution in [0.4, 0.5) is 0 Å². The van der Waals surface area contributed by atoms with E-state index in [0.29, 0.717) is 6.54 Å². The van der Waals surface area contributed by atoms with Gasteiger partial charge in [0.05, 0.1) is 34.3 Å². The zero-order valence-electron chi connectivity index (χ0n) is 15.8. The molecule has 144 valence electrons. The van der Waals surface area contributed by atoms with Gasteiger partial charge < -0.3 is 4.42 Å². The molecule has 0 aliphatic heterocycles. The lowest BCUT2D eigenvalue weighted by molar-refractivity contribution is 0.534. The Bertz CT molecular complexity index is 1220. The molecule has 0 aliphatic rings. The van der Waals surface area contributed by atoms with E-state index in [-0.39, 0.29) is 0 Å². The number of thioether (sulfide) groups is 1. The van der Waals surface area contributed by atoms with Gasteiger partial charge in [0.25, 0.3) is 0 Å². The van der Waals surface area contributed by atoms with Crippen molar-refractivity contribution in [2.45, 2.75) is 24.4 Å². The van der Waals surface area contributed by atoms with Gasteiger partial charge in [0, 0.05) is 0 Å². The predicted molar refractivity (Wildman–Crippen MR) is 117 cm³/mol. The van der Waals surface area contributed by atoms with E-state index in [9.17, 15) is 0 Å². The zero-order chi connectivity index (χ0) is 19.6. The van der Waals surface area contributed by atoms with Crippen LogP contribution < -0.4 is 0 Å². The van der Waals surface area contributed by atoms with E-state index in [1.54, 1.807) is 29.4 Å². The fraction of sp³-hybridized carbons (Fsp3) is 0.136. The van der Waals surface area contributed by atoms with Crippen molar-refractivity contribution in [3.05, 3.63) is 83.3 Å². The van der Waals surface area contributed by atoms with Crippen LogP contribution in [0.5, 0.6) is 0 Å². The number of nitrogens with zero attached hydrogens (tertiary/aromatic N) is 4. The molecule has 0 fully saturated rings. The van der Waals surface area contributed by atoms with Crippen molar-refractivity contribution < 1.29 is 4.42 Å². The van der Waals surface area contributed by atoms with Crippen LogP contribution in [0.15, 0.2) is 76.5 Å². The SMILES string of the molecule is Cc1occc1-c1nnc(SCc2nc3ccccc3s2)n1Cc1ccccc1. The molecular weight excluding hydrogens is 400 g/mol. The van der Waals surface area contributed by atoms with Crippen LogP contribution in [-0.2, 0) is 12.3 Å². The second-order valence-electron chi connectivity index (χ2n) is 6.63. The maximum atomic E-state index is 5.50.